The first-order valence-corrected chi connectivity index (χ1v) is 18.0. The van der Waals surface area contributed by atoms with Gasteiger partial charge in [0.05, 0.1) is 17.2 Å². The van der Waals surface area contributed by atoms with E-state index in [-0.39, 0.29) is 39.2 Å². The maximum atomic E-state index is 13.9. The van der Waals surface area contributed by atoms with Crippen molar-refractivity contribution in [2.75, 3.05) is 24.8 Å². The van der Waals surface area contributed by atoms with E-state index in [1.807, 2.05) is 24.3 Å². The molecule has 0 saturated heterocycles. The average Bonchev–Trinajstić information content (AvgIpc) is 2.86. The molecule has 3 rings (SSSR count). The lowest BCUT2D eigenvalue weighted by Gasteiger charge is -2.26. The van der Waals surface area contributed by atoms with Gasteiger partial charge in [-0.05, 0) is 49.2 Å². The highest BCUT2D eigenvalue weighted by Crippen LogP contribution is 2.37. The van der Waals surface area contributed by atoms with Gasteiger partial charge in [-0.15, -0.1) is 0 Å². The summed E-state index contributed by atoms with van der Waals surface area (Å²) in [6.45, 7) is 10.4. The van der Waals surface area contributed by atoms with Crippen LogP contribution in [-0.2, 0) is 21.2 Å². The summed E-state index contributed by atoms with van der Waals surface area (Å²) < 4.78 is 46.0. The van der Waals surface area contributed by atoms with Crippen LogP contribution < -0.4 is 13.8 Å². The van der Waals surface area contributed by atoms with Gasteiger partial charge < -0.3 is 14.2 Å². The molecule has 0 saturated carbocycles. The van der Waals surface area contributed by atoms with Gasteiger partial charge >= 0.3 is 0 Å². The summed E-state index contributed by atoms with van der Waals surface area (Å²) >= 11 is 12.4. The lowest BCUT2D eigenvalue weighted by atomic mass is 10.2. The number of anilines is 1. The lowest BCUT2D eigenvalue weighted by Crippen LogP contribution is -2.35. The van der Waals surface area contributed by atoms with Crippen LogP contribution in [-0.4, -0.2) is 46.9 Å². The van der Waals surface area contributed by atoms with Crippen molar-refractivity contribution >= 4 is 47.1 Å². The SMILES string of the molecule is CCc1ccc(Oc2nc(OC)c(N(COCC[Si](C)(C)C)S(=O)(=O)c3cccc(Cl)c3Cl)nc2C)cc1. The van der Waals surface area contributed by atoms with Crippen molar-refractivity contribution < 1.29 is 22.6 Å². The number of hydrogen-bond acceptors (Lipinski definition) is 7. The fraction of sp³-hybridized carbons (Fsp3) is 0.385. The topological polar surface area (TPSA) is 90.9 Å². The molecule has 38 heavy (non-hydrogen) atoms. The third kappa shape index (κ3) is 7.38. The molecule has 8 nitrogen and oxygen atoms in total. The summed E-state index contributed by atoms with van der Waals surface area (Å²) in [6, 6.07) is 12.9. The number of aromatic nitrogens is 2. The summed E-state index contributed by atoms with van der Waals surface area (Å²) in [5.74, 6) is 0.654. The lowest BCUT2D eigenvalue weighted by molar-refractivity contribution is 0.155. The normalized spacial score (nSPS) is 11.9. The number of ether oxygens (including phenoxy) is 3. The molecule has 0 radical (unpaired) electrons. The highest BCUT2D eigenvalue weighted by Gasteiger charge is 2.33. The minimum absolute atomic E-state index is 0.0497. The maximum Gasteiger partial charge on any atom is 0.269 e. The molecule has 0 atom stereocenters. The summed E-state index contributed by atoms with van der Waals surface area (Å²) in [5, 5.41) is 0.0137. The van der Waals surface area contributed by atoms with E-state index in [0.717, 1.165) is 16.8 Å². The van der Waals surface area contributed by atoms with Crippen LogP contribution in [0.1, 0.15) is 18.2 Å². The molecule has 3 aromatic rings. The van der Waals surface area contributed by atoms with Gasteiger partial charge in [-0.2, -0.15) is 4.98 Å². The Hall–Kier alpha value is -2.37. The number of hydrogen-bond donors (Lipinski definition) is 0. The quantitative estimate of drug-likeness (QED) is 0.126. The van der Waals surface area contributed by atoms with Crippen LogP contribution in [0.5, 0.6) is 17.5 Å². The first-order chi connectivity index (χ1) is 17.9. The molecule has 0 amide bonds. The molecule has 2 aromatic carbocycles. The summed E-state index contributed by atoms with van der Waals surface area (Å²) in [7, 11) is -4.30. The Morgan fingerprint density at radius 3 is 2.29 bits per heavy atom. The predicted molar refractivity (Wildman–Crippen MR) is 154 cm³/mol. The molecule has 12 heteroatoms. The third-order valence-electron chi connectivity index (χ3n) is 5.64. The van der Waals surface area contributed by atoms with Crippen LogP contribution in [0.2, 0.25) is 35.7 Å². The second-order valence-corrected chi connectivity index (χ2v) is 18.0. The highest BCUT2D eigenvalue weighted by atomic mass is 35.5. The average molecular weight is 599 g/mol. The van der Waals surface area contributed by atoms with Crippen LogP contribution in [0.15, 0.2) is 47.4 Å². The standard InChI is InChI=1S/C26H33Cl2N3O5SSi/c1-7-19-11-13-20(14-12-19)36-25-18(2)29-24(26(30-25)34-3)31(17-35-15-16-38(4,5)6)37(32,33)22-10-8-9-21(27)23(22)28/h8-14H,7,15-17H2,1-6H3. The summed E-state index contributed by atoms with van der Waals surface area (Å²) in [5.41, 5.74) is 1.53. The Kier molecular flexibility index (Phi) is 10.0. The zero-order chi connectivity index (χ0) is 28.1. The Bertz CT molecular complexity index is 1370. The molecule has 0 fully saturated rings. The van der Waals surface area contributed by atoms with Crippen molar-refractivity contribution in [3.8, 4) is 17.5 Å². The van der Waals surface area contributed by atoms with E-state index >= 15 is 0 Å². The Labute approximate surface area is 235 Å². The van der Waals surface area contributed by atoms with Crippen LogP contribution in [0.3, 0.4) is 0 Å². The zero-order valence-corrected chi connectivity index (χ0v) is 25.7. The van der Waals surface area contributed by atoms with Gasteiger partial charge in [0.25, 0.3) is 15.9 Å². The molecule has 206 valence electrons. The molecule has 0 aliphatic carbocycles. The molecular weight excluding hydrogens is 565 g/mol. The van der Waals surface area contributed by atoms with Crippen molar-refractivity contribution in [3.63, 3.8) is 0 Å². The largest absolute Gasteiger partial charge is 0.478 e. The zero-order valence-electron chi connectivity index (χ0n) is 22.4. The smallest absolute Gasteiger partial charge is 0.269 e. The first-order valence-electron chi connectivity index (χ1n) is 12.1. The minimum Gasteiger partial charge on any atom is -0.478 e. The van der Waals surface area contributed by atoms with Crippen molar-refractivity contribution in [2.24, 2.45) is 0 Å². The third-order valence-corrected chi connectivity index (χ3v) is 10.0. The number of sulfonamides is 1. The Morgan fingerprint density at radius 1 is 1.00 bits per heavy atom. The summed E-state index contributed by atoms with van der Waals surface area (Å²) in [4.78, 5) is 8.79. The van der Waals surface area contributed by atoms with E-state index in [9.17, 15) is 8.42 Å². The number of halogens is 2. The van der Waals surface area contributed by atoms with Crippen LogP contribution >= 0.6 is 23.2 Å². The van der Waals surface area contributed by atoms with Crippen LogP contribution in [0, 0.1) is 6.92 Å². The number of aryl methyl sites for hydroxylation is 2. The van der Waals surface area contributed by atoms with Crippen molar-refractivity contribution in [1.29, 1.82) is 0 Å². The molecular formula is C26H33Cl2N3O5SSi. The van der Waals surface area contributed by atoms with Gasteiger partial charge in [0.1, 0.15) is 23.1 Å². The van der Waals surface area contributed by atoms with Crippen LogP contribution in [0.25, 0.3) is 0 Å². The molecule has 1 aromatic heterocycles. The molecule has 0 aliphatic heterocycles. The second kappa shape index (κ2) is 12.7. The van der Waals surface area contributed by atoms with E-state index < -0.39 is 18.1 Å². The Balaban J connectivity index is 2.04. The number of rotatable bonds is 12. The van der Waals surface area contributed by atoms with Gasteiger partial charge in [0.2, 0.25) is 11.7 Å². The van der Waals surface area contributed by atoms with E-state index in [2.05, 4.69) is 36.5 Å². The predicted octanol–water partition coefficient (Wildman–Crippen LogP) is 6.96. The maximum absolute atomic E-state index is 13.9. The number of methoxy groups -OCH3 is 1. The van der Waals surface area contributed by atoms with Crippen LogP contribution in [0.4, 0.5) is 5.82 Å². The van der Waals surface area contributed by atoms with E-state index in [0.29, 0.717) is 18.1 Å². The fourth-order valence-corrected chi connectivity index (χ4v) is 6.14. The van der Waals surface area contributed by atoms with E-state index in [1.54, 1.807) is 6.92 Å². The number of nitrogens with zero attached hydrogens (tertiary/aromatic N) is 3. The fourth-order valence-electron chi connectivity index (χ4n) is 3.35. The number of benzene rings is 2. The van der Waals surface area contributed by atoms with Gasteiger partial charge in [-0.3, -0.25) is 0 Å². The van der Waals surface area contributed by atoms with Gasteiger partial charge in [0.15, 0.2) is 0 Å². The molecule has 0 unspecified atom stereocenters. The van der Waals surface area contributed by atoms with Gasteiger partial charge in [0, 0.05) is 14.7 Å². The van der Waals surface area contributed by atoms with E-state index in [1.165, 1.54) is 30.9 Å². The monoisotopic (exact) mass is 597 g/mol. The highest BCUT2D eigenvalue weighted by molar-refractivity contribution is 7.93. The van der Waals surface area contributed by atoms with Crippen molar-refractivity contribution in [1.82, 2.24) is 9.97 Å². The molecule has 0 spiro atoms. The van der Waals surface area contributed by atoms with Gasteiger partial charge in [-0.25, -0.2) is 17.7 Å². The molecule has 0 N–H and O–H groups in total. The van der Waals surface area contributed by atoms with Crippen molar-refractivity contribution in [2.45, 2.75) is 50.8 Å². The Morgan fingerprint density at radius 2 is 1.68 bits per heavy atom. The van der Waals surface area contributed by atoms with E-state index in [4.69, 9.17) is 37.4 Å². The molecule has 1 heterocycles. The second-order valence-electron chi connectivity index (χ2n) is 9.80. The first kappa shape index (κ1) is 30.2. The van der Waals surface area contributed by atoms with Gasteiger partial charge in [-0.1, -0.05) is 68.0 Å². The van der Waals surface area contributed by atoms with Crippen molar-refractivity contribution in [3.05, 3.63) is 63.8 Å². The molecule has 0 aliphatic rings. The summed E-state index contributed by atoms with van der Waals surface area (Å²) in [6.07, 6.45) is 0.905. The molecule has 0 bridgehead atoms. The minimum atomic E-state index is -4.27.